The van der Waals surface area contributed by atoms with E-state index < -0.39 is 0 Å². The predicted molar refractivity (Wildman–Crippen MR) is 83.1 cm³/mol. The van der Waals surface area contributed by atoms with Gasteiger partial charge in [0.1, 0.15) is 0 Å². The Morgan fingerprint density at radius 2 is 1.89 bits per heavy atom. The van der Waals surface area contributed by atoms with Crippen molar-refractivity contribution in [2.75, 3.05) is 5.75 Å². The second-order valence-electron chi connectivity index (χ2n) is 4.61. The van der Waals surface area contributed by atoms with Gasteiger partial charge in [-0.1, -0.05) is 47.5 Å². The van der Waals surface area contributed by atoms with Gasteiger partial charge in [0, 0.05) is 15.7 Å². The van der Waals surface area contributed by atoms with Crippen molar-refractivity contribution >= 4 is 23.4 Å². The van der Waals surface area contributed by atoms with Crippen molar-refractivity contribution in [3.05, 3.63) is 64.7 Å². The summed E-state index contributed by atoms with van der Waals surface area (Å²) in [5.41, 5.74) is 2.41. The van der Waals surface area contributed by atoms with Crippen LogP contribution in [-0.4, -0.2) is 17.0 Å². The van der Waals surface area contributed by atoms with Crippen molar-refractivity contribution in [3.8, 4) is 0 Å². The van der Waals surface area contributed by atoms with Crippen LogP contribution in [0.2, 0.25) is 5.02 Å². The summed E-state index contributed by atoms with van der Waals surface area (Å²) in [6, 6.07) is 16.0. The first-order valence-electron chi connectivity index (χ1n) is 6.25. The van der Waals surface area contributed by atoms with Crippen LogP contribution in [-0.2, 0) is 6.42 Å². The van der Waals surface area contributed by atoms with Crippen LogP contribution in [0.25, 0.3) is 0 Å². The van der Waals surface area contributed by atoms with Gasteiger partial charge in [0.2, 0.25) is 0 Å². The molecule has 0 saturated heterocycles. The van der Waals surface area contributed by atoms with Gasteiger partial charge in [-0.2, -0.15) is 0 Å². The fourth-order valence-electron chi connectivity index (χ4n) is 1.80. The largest absolute Gasteiger partial charge is 0.392 e. The van der Waals surface area contributed by atoms with Gasteiger partial charge in [0.15, 0.2) is 0 Å². The van der Waals surface area contributed by atoms with Crippen molar-refractivity contribution in [1.29, 1.82) is 0 Å². The highest BCUT2D eigenvalue weighted by molar-refractivity contribution is 7.99. The topological polar surface area (TPSA) is 20.2 Å². The van der Waals surface area contributed by atoms with Crippen molar-refractivity contribution in [3.63, 3.8) is 0 Å². The smallest absolute Gasteiger partial charge is 0.0674 e. The summed E-state index contributed by atoms with van der Waals surface area (Å²) >= 11 is 7.56. The average molecular weight is 293 g/mol. The maximum Gasteiger partial charge on any atom is 0.0674 e. The van der Waals surface area contributed by atoms with Crippen molar-refractivity contribution < 1.29 is 5.11 Å². The van der Waals surface area contributed by atoms with E-state index in [1.807, 2.05) is 24.3 Å². The van der Waals surface area contributed by atoms with E-state index in [9.17, 15) is 5.11 Å². The monoisotopic (exact) mass is 292 g/mol. The molecule has 0 fully saturated rings. The van der Waals surface area contributed by atoms with E-state index in [1.165, 1.54) is 11.1 Å². The minimum absolute atomic E-state index is 0.341. The van der Waals surface area contributed by atoms with E-state index in [4.69, 9.17) is 11.6 Å². The van der Waals surface area contributed by atoms with Crippen LogP contribution in [0.5, 0.6) is 0 Å². The molecule has 0 saturated carbocycles. The van der Waals surface area contributed by atoms with Crippen LogP contribution in [0.1, 0.15) is 11.1 Å². The number of aliphatic hydroxyl groups excluding tert-OH is 1. The Kier molecular flexibility index (Phi) is 5.32. The van der Waals surface area contributed by atoms with Crippen molar-refractivity contribution in [2.24, 2.45) is 0 Å². The van der Waals surface area contributed by atoms with E-state index in [-0.39, 0.29) is 6.10 Å². The fraction of sp³-hybridized carbons (Fsp3) is 0.250. The third kappa shape index (κ3) is 4.90. The molecule has 1 atom stereocenters. The summed E-state index contributed by atoms with van der Waals surface area (Å²) in [6.07, 6.45) is 0.347. The summed E-state index contributed by atoms with van der Waals surface area (Å²) in [4.78, 5) is 1.09. The molecule has 0 aliphatic heterocycles. The number of thioether (sulfide) groups is 1. The SMILES string of the molecule is Cc1ccc(CC(O)CSc2cccc(Cl)c2)cc1. The Morgan fingerprint density at radius 1 is 1.16 bits per heavy atom. The summed E-state index contributed by atoms with van der Waals surface area (Å²) in [5, 5.41) is 10.8. The molecule has 0 aromatic heterocycles. The zero-order valence-electron chi connectivity index (χ0n) is 10.8. The van der Waals surface area contributed by atoms with E-state index in [0.717, 1.165) is 9.92 Å². The minimum atomic E-state index is -0.341. The molecule has 19 heavy (non-hydrogen) atoms. The highest BCUT2D eigenvalue weighted by Crippen LogP contribution is 2.23. The molecule has 0 amide bonds. The minimum Gasteiger partial charge on any atom is -0.392 e. The Balaban J connectivity index is 1.84. The summed E-state index contributed by atoms with van der Waals surface area (Å²) < 4.78 is 0. The number of hydrogen-bond donors (Lipinski definition) is 1. The van der Waals surface area contributed by atoms with E-state index >= 15 is 0 Å². The Bertz CT molecular complexity index is 525. The molecule has 0 heterocycles. The van der Waals surface area contributed by atoms with Crippen LogP contribution in [0.3, 0.4) is 0 Å². The molecular formula is C16H17ClOS. The molecule has 0 radical (unpaired) electrons. The van der Waals surface area contributed by atoms with Crippen molar-refractivity contribution in [1.82, 2.24) is 0 Å². The molecule has 0 aliphatic rings. The van der Waals surface area contributed by atoms with Gasteiger partial charge in [0.25, 0.3) is 0 Å². The third-order valence-electron chi connectivity index (χ3n) is 2.83. The van der Waals surface area contributed by atoms with Gasteiger partial charge < -0.3 is 5.11 Å². The zero-order valence-corrected chi connectivity index (χ0v) is 12.4. The van der Waals surface area contributed by atoms with Gasteiger partial charge in [-0.25, -0.2) is 0 Å². The maximum absolute atomic E-state index is 10.0. The maximum atomic E-state index is 10.0. The number of aliphatic hydroxyl groups is 1. The predicted octanol–water partition coefficient (Wildman–Crippen LogP) is 4.34. The summed E-state index contributed by atoms with van der Waals surface area (Å²) in [6.45, 7) is 2.06. The molecule has 2 aromatic carbocycles. The molecule has 2 rings (SSSR count). The normalized spacial score (nSPS) is 12.4. The van der Waals surface area contributed by atoms with E-state index in [0.29, 0.717) is 12.2 Å². The second kappa shape index (κ2) is 6.99. The van der Waals surface area contributed by atoms with Crippen LogP contribution in [0.4, 0.5) is 0 Å². The van der Waals surface area contributed by atoms with Gasteiger partial charge in [0.05, 0.1) is 6.10 Å². The molecule has 0 bridgehead atoms. The first-order chi connectivity index (χ1) is 9.13. The molecule has 2 aromatic rings. The number of halogens is 1. The quantitative estimate of drug-likeness (QED) is 0.827. The number of aryl methyl sites for hydroxylation is 1. The molecular weight excluding hydrogens is 276 g/mol. The standard InChI is InChI=1S/C16H17ClOS/c1-12-5-7-13(8-6-12)9-15(18)11-19-16-4-2-3-14(17)10-16/h2-8,10,15,18H,9,11H2,1H3. The average Bonchev–Trinajstić information content (AvgIpc) is 2.39. The number of benzene rings is 2. The van der Waals surface area contributed by atoms with Gasteiger partial charge in [-0.3, -0.25) is 0 Å². The van der Waals surface area contributed by atoms with Gasteiger partial charge >= 0.3 is 0 Å². The third-order valence-corrected chi connectivity index (χ3v) is 4.20. The second-order valence-corrected chi connectivity index (χ2v) is 6.14. The van der Waals surface area contributed by atoms with Crippen LogP contribution in [0, 0.1) is 6.92 Å². The lowest BCUT2D eigenvalue weighted by molar-refractivity contribution is 0.200. The van der Waals surface area contributed by atoms with Crippen LogP contribution >= 0.6 is 23.4 Å². The molecule has 3 heteroatoms. The first-order valence-corrected chi connectivity index (χ1v) is 7.62. The molecule has 1 unspecified atom stereocenters. The molecule has 0 spiro atoms. The van der Waals surface area contributed by atoms with E-state index in [1.54, 1.807) is 11.8 Å². The Labute approximate surface area is 123 Å². The summed E-state index contributed by atoms with van der Waals surface area (Å²) in [7, 11) is 0. The van der Waals surface area contributed by atoms with Crippen LogP contribution < -0.4 is 0 Å². The highest BCUT2D eigenvalue weighted by Gasteiger charge is 2.06. The first kappa shape index (κ1) is 14.4. The molecule has 1 nitrogen and oxygen atoms in total. The molecule has 1 N–H and O–H groups in total. The Hall–Kier alpha value is -0.960. The number of hydrogen-bond acceptors (Lipinski definition) is 2. The van der Waals surface area contributed by atoms with E-state index in [2.05, 4.69) is 31.2 Å². The fourth-order valence-corrected chi connectivity index (χ4v) is 2.95. The molecule has 100 valence electrons. The van der Waals surface area contributed by atoms with Gasteiger partial charge in [-0.05, 0) is 37.1 Å². The lowest BCUT2D eigenvalue weighted by Crippen LogP contribution is -2.13. The van der Waals surface area contributed by atoms with Gasteiger partial charge in [-0.15, -0.1) is 11.8 Å². The highest BCUT2D eigenvalue weighted by atomic mass is 35.5. The Morgan fingerprint density at radius 3 is 2.58 bits per heavy atom. The molecule has 0 aliphatic carbocycles. The van der Waals surface area contributed by atoms with Crippen molar-refractivity contribution in [2.45, 2.75) is 24.3 Å². The zero-order chi connectivity index (χ0) is 13.7. The lowest BCUT2D eigenvalue weighted by atomic mass is 10.1. The number of rotatable bonds is 5. The summed E-state index contributed by atoms with van der Waals surface area (Å²) in [5.74, 6) is 0.675. The van der Waals surface area contributed by atoms with Crippen LogP contribution in [0.15, 0.2) is 53.4 Å². The lowest BCUT2D eigenvalue weighted by Gasteiger charge is -2.10.